The molecule has 0 radical (unpaired) electrons. The van der Waals surface area contributed by atoms with Crippen LogP contribution in [0.15, 0.2) is 12.1 Å². The van der Waals surface area contributed by atoms with Gasteiger partial charge in [-0.3, -0.25) is 15.0 Å². The number of piperazine rings is 1. The van der Waals surface area contributed by atoms with E-state index in [4.69, 9.17) is 0 Å². The highest BCUT2D eigenvalue weighted by Gasteiger charge is 2.49. The molecule has 0 spiro atoms. The van der Waals surface area contributed by atoms with Crippen molar-refractivity contribution in [2.45, 2.75) is 19.1 Å². The summed E-state index contributed by atoms with van der Waals surface area (Å²) >= 11 is 0. The number of aromatic hydroxyl groups is 1. The zero-order chi connectivity index (χ0) is 16.5. The van der Waals surface area contributed by atoms with E-state index in [2.05, 4.69) is 5.32 Å². The molecule has 0 aromatic heterocycles. The van der Waals surface area contributed by atoms with Crippen molar-refractivity contribution in [1.82, 2.24) is 10.2 Å². The Morgan fingerprint density at radius 3 is 2.29 bits per heavy atom. The summed E-state index contributed by atoms with van der Waals surface area (Å²) in [7, 11) is 0. The van der Waals surface area contributed by atoms with Gasteiger partial charge in [-0.15, -0.1) is 24.8 Å². The number of hydrogen-bond acceptors (Lipinski definition) is 5. The van der Waals surface area contributed by atoms with Crippen LogP contribution in [-0.4, -0.2) is 47.3 Å². The van der Waals surface area contributed by atoms with E-state index in [1.807, 2.05) is 0 Å². The van der Waals surface area contributed by atoms with Gasteiger partial charge in [0.05, 0.1) is 10.5 Å². The minimum absolute atomic E-state index is 0. The number of nitrogens with zero attached hydrogens (tertiary/aromatic N) is 2. The predicted octanol–water partition coefficient (Wildman–Crippen LogP) is 2.96. The molecule has 0 bridgehead atoms. The van der Waals surface area contributed by atoms with Gasteiger partial charge in [-0.2, -0.15) is 13.2 Å². The van der Waals surface area contributed by atoms with Gasteiger partial charge in [0.1, 0.15) is 11.8 Å². The highest BCUT2D eigenvalue weighted by atomic mass is 35.5. The number of alkyl halides is 3. The smallest absolute Gasteiger partial charge is 0.408 e. The summed E-state index contributed by atoms with van der Waals surface area (Å²) in [6, 6.07) is 0.0444. The zero-order valence-corrected chi connectivity index (χ0v) is 14.3. The molecule has 1 saturated heterocycles. The standard InChI is InChI=1S/C13H16F3N3O3.2ClH/c1-8-2-3-9(19(21)22)10(11(8)20)12(13(14,15)16)18-6-4-17-5-7-18;;/h2-3,12,17,20H,4-7H2,1H3;2*1H/t12-;;/m0../s1. The Bertz CT molecular complexity index is 582. The van der Waals surface area contributed by atoms with Crippen LogP contribution in [-0.2, 0) is 0 Å². The average Bonchev–Trinajstić information content (AvgIpc) is 2.43. The third-order valence-electron chi connectivity index (χ3n) is 3.69. The van der Waals surface area contributed by atoms with E-state index in [9.17, 15) is 28.4 Å². The number of hydrogen-bond donors (Lipinski definition) is 2. The first-order valence-electron chi connectivity index (χ1n) is 6.72. The number of phenolic OH excluding ortho intramolecular Hbond substituents is 1. The van der Waals surface area contributed by atoms with Crippen LogP contribution in [0.1, 0.15) is 17.2 Å². The molecule has 1 atom stereocenters. The monoisotopic (exact) mass is 391 g/mol. The molecule has 2 N–H and O–H groups in total. The van der Waals surface area contributed by atoms with Gasteiger partial charge in [-0.25, -0.2) is 0 Å². The number of nitro benzene ring substituents is 1. The van der Waals surface area contributed by atoms with Crippen molar-refractivity contribution in [3.8, 4) is 5.75 Å². The SMILES string of the molecule is Cc1ccc([N+](=O)[O-])c([C@H](N2CCNCC2)C(F)(F)F)c1O.Cl.Cl. The molecule has 11 heteroatoms. The van der Waals surface area contributed by atoms with Gasteiger partial charge in [-0.05, 0) is 18.6 Å². The largest absolute Gasteiger partial charge is 0.507 e. The molecular formula is C13H18Cl2F3N3O3. The second-order valence-electron chi connectivity index (χ2n) is 5.15. The molecule has 6 nitrogen and oxygen atoms in total. The zero-order valence-electron chi connectivity index (χ0n) is 12.7. The number of aryl methyl sites for hydroxylation is 1. The molecule has 1 heterocycles. The van der Waals surface area contributed by atoms with Gasteiger partial charge in [0.15, 0.2) is 0 Å². The highest BCUT2D eigenvalue weighted by Crippen LogP contribution is 2.46. The lowest BCUT2D eigenvalue weighted by Crippen LogP contribution is -2.49. The molecule has 2 rings (SSSR count). The lowest BCUT2D eigenvalue weighted by Gasteiger charge is -2.36. The Morgan fingerprint density at radius 1 is 1.29 bits per heavy atom. The minimum atomic E-state index is -4.73. The maximum absolute atomic E-state index is 13.5. The molecule has 0 aliphatic carbocycles. The Balaban J connectivity index is 0.00000264. The van der Waals surface area contributed by atoms with Crippen LogP contribution in [0, 0.1) is 17.0 Å². The fourth-order valence-corrected chi connectivity index (χ4v) is 2.63. The number of nitrogens with one attached hydrogen (secondary N) is 1. The second kappa shape index (κ2) is 8.70. The van der Waals surface area contributed by atoms with Crippen LogP contribution in [0.25, 0.3) is 0 Å². The number of phenols is 1. The van der Waals surface area contributed by atoms with Crippen LogP contribution in [0.3, 0.4) is 0 Å². The van der Waals surface area contributed by atoms with Crippen LogP contribution >= 0.6 is 24.8 Å². The summed E-state index contributed by atoms with van der Waals surface area (Å²) in [4.78, 5) is 11.3. The summed E-state index contributed by atoms with van der Waals surface area (Å²) in [5.41, 5.74) is -1.23. The third-order valence-corrected chi connectivity index (χ3v) is 3.69. The fraction of sp³-hybridized carbons (Fsp3) is 0.538. The lowest BCUT2D eigenvalue weighted by atomic mass is 9.98. The molecule has 24 heavy (non-hydrogen) atoms. The lowest BCUT2D eigenvalue weighted by molar-refractivity contribution is -0.386. The van der Waals surface area contributed by atoms with Gasteiger partial charge in [0, 0.05) is 32.2 Å². The molecule has 0 unspecified atom stereocenters. The molecule has 1 aliphatic heterocycles. The average molecular weight is 392 g/mol. The fourth-order valence-electron chi connectivity index (χ4n) is 2.63. The van der Waals surface area contributed by atoms with E-state index in [1.54, 1.807) is 0 Å². The number of halogens is 5. The Morgan fingerprint density at radius 2 is 1.83 bits per heavy atom. The van der Waals surface area contributed by atoms with E-state index in [-0.39, 0.29) is 43.5 Å². The van der Waals surface area contributed by atoms with Gasteiger partial charge >= 0.3 is 6.18 Å². The molecule has 1 aromatic carbocycles. The summed E-state index contributed by atoms with van der Waals surface area (Å²) in [6.45, 7) is 2.30. The molecule has 1 aromatic rings. The number of benzene rings is 1. The summed E-state index contributed by atoms with van der Waals surface area (Å²) in [6.07, 6.45) is -4.73. The predicted molar refractivity (Wildman–Crippen MR) is 87.2 cm³/mol. The van der Waals surface area contributed by atoms with Gasteiger partial charge < -0.3 is 10.4 Å². The van der Waals surface area contributed by atoms with Gasteiger partial charge in [-0.1, -0.05) is 0 Å². The van der Waals surface area contributed by atoms with Crippen molar-refractivity contribution >= 4 is 30.5 Å². The molecule has 1 fully saturated rings. The third kappa shape index (κ3) is 4.62. The minimum Gasteiger partial charge on any atom is -0.507 e. The van der Waals surface area contributed by atoms with Crippen molar-refractivity contribution < 1.29 is 23.2 Å². The van der Waals surface area contributed by atoms with Crippen molar-refractivity contribution in [3.05, 3.63) is 33.4 Å². The van der Waals surface area contributed by atoms with E-state index in [0.29, 0.717) is 13.1 Å². The van der Waals surface area contributed by atoms with E-state index in [1.165, 1.54) is 13.0 Å². The van der Waals surface area contributed by atoms with Crippen LogP contribution in [0.5, 0.6) is 5.75 Å². The molecule has 138 valence electrons. The first-order valence-corrected chi connectivity index (χ1v) is 6.72. The van der Waals surface area contributed by atoms with Crippen LogP contribution < -0.4 is 5.32 Å². The number of rotatable bonds is 3. The van der Waals surface area contributed by atoms with E-state index < -0.39 is 34.1 Å². The molecule has 1 aliphatic rings. The summed E-state index contributed by atoms with van der Waals surface area (Å²) < 4.78 is 40.6. The summed E-state index contributed by atoms with van der Waals surface area (Å²) in [5.74, 6) is -0.671. The van der Waals surface area contributed by atoms with Crippen LogP contribution in [0.2, 0.25) is 0 Å². The Labute approximate surface area is 149 Å². The maximum Gasteiger partial charge on any atom is 0.408 e. The van der Waals surface area contributed by atoms with Crippen molar-refractivity contribution in [3.63, 3.8) is 0 Å². The second-order valence-corrected chi connectivity index (χ2v) is 5.15. The first-order chi connectivity index (χ1) is 10.2. The summed E-state index contributed by atoms with van der Waals surface area (Å²) in [5, 5.41) is 24.1. The topological polar surface area (TPSA) is 78.6 Å². The van der Waals surface area contributed by atoms with Crippen molar-refractivity contribution in [2.24, 2.45) is 0 Å². The Hall–Kier alpha value is -1.29. The van der Waals surface area contributed by atoms with Crippen molar-refractivity contribution in [2.75, 3.05) is 26.2 Å². The molecule has 0 saturated carbocycles. The van der Waals surface area contributed by atoms with E-state index in [0.717, 1.165) is 11.0 Å². The highest BCUT2D eigenvalue weighted by molar-refractivity contribution is 5.85. The van der Waals surface area contributed by atoms with Crippen molar-refractivity contribution in [1.29, 1.82) is 0 Å². The molecule has 0 amide bonds. The van der Waals surface area contributed by atoms with Gasteiger partial charge in [0.25, 0.3) is 5.69 Å². The van der Waals surface area contributed by atoms with E-state index >= 15 is 0 Å². The Kier molecular flexibility index (Phi) is 8.24. The van der Waals surface area contributed by atoms with Crippen LogP contribution in [0.4, 0.5) is 18.9 Å². The first kappa shape index (κ1) is 22.7. The normalized spacial score (nSPS) is 16.7. The molecular weight excluding hydrogens is 374 g/mol. The van der Waals surface area contributed by atoms with Gasteiger partial charge in [0.2, 0.25) is 0 Å². The maximum atomic E-state index is 13.5. The number of nitro groups is 1. The quantitative estimate of drug-likeness (QED) is 0.611.